The number of aromatic nitrogens is 2. The molecule has 0 bridgehead atoms. The lowest BCUT2D eigenvalue weighted by Gasteiger charge is -2.19. The van der Waals surface area contributed by atoms with E-state index in [4.69, 9.17) is 10.5 Å². The number of nitrogens with zero attached hydrogens (tertiary/aromatic N) is 1. The summed E-state index contributed by atoms with van der Waals surface area (Å²) in [5.74, 6) is 0.366. The summed E-state index contributed by atoms with van der Waals surface area (Å²) in [7, 11) is 0. The van der Waals surface area contributed by atoms with Gasteiger partial charge in [0.2, 0.25) is 0 Å². The SMILES string of the molecule is Cc1nc(CNC(=O)OC(C)(C)C)[nH]c(=O)c1CN. The van der Waals surface area contributed by atoms with Crippen molar-refractivity contribution >= 4 is 6.09 Å². The van der Waals surface area contributed by atoms with Crippen LogP contribution in [0.25, 0.3) is 0 Å². The van der Waals surface area contributed by atoms with Crippen molar-refractivity contribution in [1.82, 2.24) is 15.3 Å². The fourth-order valence-electron chi connectivity index (χ4n) is 1.46. The van der Waals surface area contributed by atoms with Gasteiger partial charge in [-0.05, 0) is 27.7 Å². The van der Waals surface area contributed by atoms with Gasteiger partial charge in [-0.2, -0.15) is 0 Å². The molecule has 1 amide bonds. The summed E-state index contributed by atoms with van der Waals surface area (Å²) in [4.78, 5) is 29.8. The Labute approximate surface area is 111 Å². The number of rotatable bonds is 3. The average molecular weight is 268 g/mol. The van der Waals surface area contributed by atoms with Crippen LogP contribution in [0.2, 0.25) is 0 Å². The maximum Gasteiger partial charge on any atom is 0.408 e. The molecule has 4 N–H and O–H groups in total. The molecular formula is C12H20N4O3. The fourth-order valence-corrected chi connectivity index (χ4v) is 1.46. The van der Waals surface area contributed by atoms with Gasteiger partial charge < -0.3 is 20.8 Å². The molecule has 19 heavy (non-hydrogen) atoms. The number of hydrogen-bond acceptors (Lipinski definition) is 5. The van der Waals surface area contributed by atoms with Gasteiger partial charge in [0.1, 0.15) is 11.4 Å². The highest BCUT2D eigenvalue weighted by molar-refractivity contribution is 5.67. The van der Waals surface area contributed by atoms with E-state index in [-0.39, 0.29) is 18.6 Å². The van der Waals surface area contributed by atoms with Gasteiger partial charge in [0.05, 0.1) is 12.1 Å². The van der Waals surface area contributed by atoms with E-state index in [9.17, 15) is 9.59 Å². The summed E-state index contributed by atoms with van der Waals surface area (Å²) in [6.45, 7) is 7.24. The number of aromatic amines is 1. The largest absolute Gasteiger partial charge is 0.444 e. The molecule has 0 saturated carbocycles. The quantitative estimate of drug-likeness (QED) is 0.742. The Bertz CT molecular complexity index is 517. The van der Waals surface area contributed by atoms with E-state index >= 15 is 0 Å². The first kappa shape index (κ1) is 15.2. The molecule has 1 aromatic heterocycles. The smallest absolute Gasteiger partial charge is 0.408 e. The lowest BCUT2D eigenvalue weighted by molar-refractivity contribution is 0.0522. The van der Waals surface area contributed by atoms with Crippen molar-refractivity contribution in [3.05, 3.63) is 27.4 Å². The molecule has 0 atom stereocenters. The zero-order chi connectivity index (χ0) is 14.6. The molecule has 0 saturated heterocycles. The van der Waals surface area contributed by atoms with Crippen LogP contribution in [0.5, 0.6) is 0 Å². The van der Waals surface area contributed by atoms with E-state index < -0.39 is 11.7 Å². The molecule has 1 heterocycles. The van der Waals surface area contributed by atoms with Gasteiger partial charge in [-0.3, -0.25) is 4.79 Å². The van der Waals surface area contributed by atoms with Crippen molar-refractivity contribution in [2.24, 2.45) is 5.73 Å². The van der Waals surface area contributed by atoms with Crippen LogP contribution in [0.4, 0.5) is 4.79 Å². The topological polar surface area (TPSA) is 110 Å². The number of nitrogens with one attached hydrogen (secondary N) is 2. The Hall–Kier alpha value is -1.89. The number of aryl methyl sites for hydroxylation is 1. The van der Waals surface area contributed by atoms with Gasteiger partial charge in [0.15, 0.2) is 0 Å². The summed E-state index contributed by atoms with van der Waals surface area (Å²) in [6.07, 6.45) is -0.560. The lowest BCUT2D eigenvalue weighted by Crippen LogP contribution is -2.33. The molecule has 1 aromatic rings. The van der Waals surface area contributed by atoms with E-state index in [1.54, 1.807) is 27.7 Å². The molecule has 0 aliphatic rings. The predicted octanol–water partition coefficient (Wildman–Crippen LogP) is 0.562. The predicted molar refractivity (Wildman–Crippen MR) is 70.6 cm³/mol. The van der Waals surface area contributed by atoms with Gasteiger partial charge in [-0.25, -0.2) is 9.78 Å². The van der Waals surface area contributed by atoms with Gasteiger partial charge in [0.25, 0.3) is 5.56 Å². The van der Waals surface area contributed by atoms with E-state index in [1.807, 2.05) is 0 Å². The van der Waals surface area contributed by atoms with E-state index in [0.717, 1.165) is 0 Å². The van der Waals surface area contributed by atoms with E-state index in [2.05, 4.69) is 15.3 Å². The number of carbonyl (C=O) groups excluding carboxylic acids is 1. The first-order chi connectivity index (χ1) is 8.73. The van der Waals surface area contributed by atoms with Crippen LogP contribution >= 0.6 is 0 Å². The van der Waals surface area contributed by atoms with Gasteiger partial charge in [0, 0.05) is 12.2 Å². The minimum atomic E-state index is -0.565. The molecule has 0 spiro atoms. The van der Waals surface area contributed by atoms with Gasteiger partial charge in [-0.15, -0.1) is 0 Å². The second-order valence-electron chi connectivity index (χ2n) is 5.14. The monoisotopic (exact) mass is 268 g/mol. The normalized spacial score (nSPS) is 11.2. The summed E-state index contributed by atoms with van der Waals surface area (Å²) < 4.78 is 5.07. The lowest BCUT2D eigenvalue weighted by atomic mass is 10.2. The minimum Gasteiger partial charge on any atom is -0.444 e. The number of H-pyrrole nitrogens is 1. The Balaban J connectivity index is 2.69. The van der Waals surface area contributed by atoms with Crippen molar-refractivity contribution in [2.45, 2.75) is 46.4 Å². The highest BCUT2D eigenvalue weighted by Gasteiger charge is 2.16. The molecule has 1 rings (SSSR count). The second-order valence-corrected chi connectivity index (χ2v) is 5.14. The number of nitrogens with two attached hydrogens (primary N) is 1. The van der Waals surface area contributed by atoms with Gasteiger partial charge in [-0.1, -0.05) is 0 Å². The maximum atomic E-state index is 11.6. The molecule has 0 aliphatic carbocycles. The van der Waals surface area contributed by atoms with E-state index in [0.29, 0.717) is 17.1 Å². The first-order valence-corrected chi connectivity index (χ1v) is 5.98. The Kier molecular flexibility index (Phi) is 4.66. The standard InChI is InChI=1S/C12H20N4O3/c1-7-8(5-13)10(17)16-9(15-7)6-14-11(18)19-12(2,3)4/h5-6,13H2,1-4H3,(H,14,18)(H,15,16,17). The zero-order valence-corrected chi connectivity index (χ0v) is 11.7. The van der Waals surface area contributed by atoms with Crippen molar-refractivity contribution in [2.75, 3.05) is 0 Å². The number of amides is 1. The summed E-state index contributed by atoms with van der Waals surface area (Å²) in [6, 6.07) is 0. The van der Waals surface area contributed by atoms with Crippen LogP contribution in [-0.4, -0.2) is 21.7 Å². The number of alkyl carbamates (subject to hydrolysis) is 1. The highest BCUT2D eigenvalue weighted by Crippen LogP contribution is 2.06. The molecule has 0 radical (unpaired) electrons. The third-order valence-electron chi connectivity index (χ3n) is 2.27. The fraction of sp³-hybridized carbons (Fsp3) is 0.583. The zero-order valence-electron chi connectivity index (χ0n) is 11.7. The molecule has 0 aliphatic heterocycles. The molecule has 7 heteroatoms. The van der Waals surface area contributed by atoms with Gasteiger partial charge >= 0.3 is 6.09 Å². The molecule has 0 fully saturated rings. The number of ether oxygens (including phenoxy) is 1. The number of hydrogen-bond donors (Lipinski definition) is 3. The van der Waals surface area contributed by atoms with Crippen molar-refractivity contribution in [1.29, 1.82) is 0 Å². The van der Waals surface area contributed by atoms with Crippen LogP contribution in [0, 0.1) is 6.92 Å². The van der Waals surface area contributed by atoms with Crippen molar-refractivity contribution in [3.8, 4) is 0 Å². The van der Waals surface area contributed by atoms with Crippen LogP contribution < -0.4 is 16.6 Å². The Morgan fingerprint density at radius 3 is 2.58 bits per heavy atom. The van der Waals surface area contributed by atoms with Crippen LogP contribution in [0.15, 0.2) is 4.79 Å². The highest BCUT2D eigenvalue weighted by atomic mass is 16.6. The van der Waals surface area contributed by atoms with Crippen LogP contribution in [0.1, 0.15) is 37.9 Å². The molecule has 0 unspecified atom stereocenters. The summed E-state index contributed by atoms with van der Waals surface area (Å²) >= 11 is 0. The maximum absolute atomic E-state index is 11.6. The number of carbonyl (C=O) groups is 1. The first-order valence-electron chi connectivity index (χ1n) is 5.98. The Morgan fingerprint density at radius 1 is 1.47 bits per heavy atom. The third-order valence-corrected chi connectivity index (χ3v) is 2.27. The van der Waals surface area contributed by atoms with Crippen LogP contribution in [-0.2, 0) is 17.8 Å². The Morgan fingerprint density at radius 2 is 2.11 bits per heavy atom. The van der Waals surface area contributed by atoms with Crippen LogP contribution in [0.3, 0.4) is 0 Å². The second kappa shape index (κ2) is 5.83. The van der Waals surface area contributed by atoms with Crippen molar-refractivity contribution < 1.29 is 9.53 Å². The third kappa shape index (κ3) is 4.70. The summed E-state index contributed by atoms with van der Waals surface area (Å²) in [5.41, 5.74) is 5.60. The van der Waals surface area contributed by atoms with E-state index in [1.165, 1.54) is 0 Å². The summed E-state index contributed by atoms with van der Waals surface area (Å²) in [5, 5.41) is 2.52. The molecule has 7 nitrogen and oxygen atoms in total. The van der Waals surface area contributed by atoms with Crippen molar-refractivity contribution in [3.63, 3.8) is 0 Å². The molecule has 0 aromatic carbocycles. The average Bonchev–Trinajstić information content (AvgIpc) is 2.23. The molecular weight excluding hydrogens is 248 g/mol. The minimum absolute atomic E-state index is 0.0931. The molecule has 106 valence electrons.